The van der Waals surface area contributed by atoms with Gasteiger partial charge in [0.25, 0.3) is 5.69 Å². The molecule has 0 aliphatic carbocycles. The van der Waals surface area contributed by atoms with Crippen LogP contribution in [0, 0.1) is 10.1 Å². The number of hydrogen-bond acceptors (Lipinski definition) is 5. The fraction of sp³-hybridized carbons (Fsp3) is 0.200. The molecule has 0 bridgehead atoms. The Morgan fingerprint density at radius 2 is 1.87 bits per heavy atom. The van der Waals surface area contributed by atoms with Crippen molar-refractivity contribution in [3.63, 3.8) is 0 Å². The molecule has 0 radical (unpaired) electrons. The fourth-order valence-electron chi connectivity index (χ4n) is 2.06. The summed E-state index contributed by atoms with van der Waals surface area (Å²) >= 11 is 0. The highest BCUT2D eigenvalue weighted by molar-refractivity contribution is 7.89. The number of nitrogens with zero attached hydrogens (tertiary/aromatic N) is 1. The maximum absolute atomic E-state index is 12.1. The Bertz CT molecular complexity index is 805. The van der Waals surface area contributed by atoms with Crippen LogP contribution >= 0.6 is 0 Å². The van der Waals surface area contributed by atoms with E-state index in [2.05, 4.69) is 4.72 Å². The number of phenolic OH excluding ortho intramolecular Hbond substituents is 1. The molecule has 0 saturated carbocycles. The molecule has 2 aromatic rings. The highest BCUT2D eigenvalue weighted by Gasteiger charge is 2.16. The number of non-ortho nitro benzene ring substituents is 1. The second-order valence-electron chi connectivity index (χ2n) is 4.93. The van der Waals surface area contributed by atoms with Crippen molar-refractivity contribution in [3.05, 3.63) is 64.2 Å². The van der Waals surface area contributed by atoms with E-state index < -0.39 is 14.9 Å². The van der Waals surface area contributed by atoms with Crippen LogP contribution in [0.25, 0.3) is 0 Å². The average Bonchev–Trinajstić information content (AvgIpc) is 2.52. The van der Waals surface area contributed by atoms with Crippen LogP contribution in [0.2, 0.25) is 0 Å². The second kappa shape index (κ2) is 7.21. The maximum Gasteiger partial charge on any atom is 0.270 e. The first-order valence-corrected chi connectivity index (χ1v) is 8.39. The number of nitro benzene ring substituents is 1. The van der Waals surface area contributed by atoms with Gasteiger partial charge in [0.2, 0.25) is 10.0 Å². The predicted molar refractivity (Wildman–Crippen MR) is 84.7 cm³/mol. The van der Waals surface area contributed by atoms with Crippen LogP contribution in [0.5, 0.6) is 5.75 Å². The average molecular weight is 336 g/mol. The number of hydrogen-bond donors (Lipinski definition) is 2. The molecule has 0 aromatic heterocycles. The minimum atomic E-state index is -3.78. The Morgan fingerprint density at radius 1 is 1.13 bits per heavy atom. The second-order valence-corrected chi connectivity index (χ2v) is 6.69. The summed E-state index contributed by atoms with van der Waals surface area (Å²) in [5, 5.41) is 20.0. The standard InChI is InChI=1S/C15H16N2O5S/c18-14-7-1-4-12(10-14)5-3-9-16-23(21,22)15-8-2-6-13(11-15)17(19)20/h1-2,4,6-8,10-11,16,18H,3,5,9H2. The maximum atomic E-state index is 12.1. The topological polar surface area (TPSA) is 110 Å². The molecule has 0 heterocycles. The van der Waals surface area contributed by atoms with E-state index in [-0.39, 0.29) is 22.9 Å². The highest BCUT2D eigenvalue weighted by atomic mass is 32.2. The summed E-state index contributed by atoms with van der Waals surface area (Å²) in [7, 11) is -3.78. The van der Waals surface area contributed by atoms with Gasteiger partial charge in [-0.25, -0.2) is 13.1 Å². The molecule has 122 valence electrons. The molecule has 0 spiro atoms. The third-order valence-electron chi connectivity index (χ3n) is 3.18. The molecule has 0 amide bonds. The lowest BCUT2D eigenvalue weighted by Gasteiger charge is -2.07. The number of aryl methyl sites for hydroxylation is 1. The van der Waals surface area contributed by atoms with Crippen molar-refractivity contribution >= 4 is 15.7 Å². The number of phenols is 1. The first kappa shape index (κ1) is 16.9. The molecule has 0 fully saturated rings. The number of aromatic hydroxyl groups is 1. The summed E-state index contributed by atoms with van der Waals surface area (Å²) in [6.07, 6.45) is 1.14. The van der Waals surface area contributed by atoms with Gasteiger partial charge in [-0.2, -0.15) is 0 Å². The Labute approximate surface area is 133 Å². The van der Waals surface area contributed by atoms with Gasteiger partial charge in [0.05, 0.1) is 9.82 Å². The van der Waals surface area contributed by atoms with Crippen molar-refractivity contribution in [1.29, 1.82) is 0 Å². The van der Waals surface area contributed by atoms with Crippen molar-refractivity contribution in [1.82, 2.24) is 4.72 Å². The molecule has 8 heteroatoms. The molecule has 0 aliphatic heterocycles. The van der Waals surface area contributed by atoms with Crippen LogP contribution in [-0.4, -0.2) is 25.0 Å². The molecule has 2 rings (SSSR count). The zero-order valence-electron chi connectivity index (χ0n) is 12.2. The van der Waals surface area contributed by atoms with Crippen molar-refractivity contribution in [2.75, 3.05) is 6.54 Å². The van der Waals surface area contributed by atoms with Crippen LogP contribution in [-0.2, 0) is 16.4 Å². The van der Waals surface area contributed by atoms with Gasteiger partial charge >= 0.3 is 0 Å². The van der Waals surface area contributed by atoms with Crippen molar-refractivity contribution < 1.29 is 18.4 Å². The van der Waals surface area contributed by atoms with Gasteiger partial charge in [-0.3, -0.25) is 10.1 Å². The molecule has 2 aromatic carbocycles. The summed E-state index contributed by atoms with van der Waals surface area (Å²) in [6.45, 7) is 0.195. The monoisotopic (exact) mass is 336 g/mol. The predicted octanol–water partition coefficient (Wildman–Crippen LogP) is 2.21. The fourth-order valence-corrected chi connectivity index (χ4v) is 3.17. The van der Waals surface area contributed by atoms with Crippen LogP contribution in [0.1, 0.15) is 12.0 Å². The van der Waals surface area contributed by atoms with Gasteiger partial charge < -0.3 is 5.11 Å². The van der Waals surface area contributed by atoms with E-state index >= 15 is 0 Å². The number of rotatable bonds is 7. The summed E-state index contributed by atoms with van der Waals surface area (Å²) in [5.74, 6) is 0.166. The van der Waals surface area contributed by atoms with E-state index in [1.165, 1.54) is 18.2 Å². The van der Waals surface area contributed by atoms with Gasteiger partial charge in [0.15, 0.2) is 0 Å². The van der Waals surface area contributed by atoms with Crippen molar-refractivity contribution in [2.45, 2.75) is 17.7 Å². The zero-order valence-corrected chi connectivity index (χ0v) is 13.0. The van der Waals surface area contributed by atoms with Crippen LogP contribution in [0.4, 0.5) is 5.69 Å². The van der Waals surface area contributed by atoms with Crippen LogP contribution in [0.15, 0.2) is 53.4 Å². The molecule has 0 atom stereocenters. The molecule has 0 unspecified atom stereocenters. The molecule has 23 heavy (non-hydrogen) atoms. The van der Waals surface area contributed by atoms with Crippen molar-refractivity contribution in [3.8, 4) is 5.75 Å². The van der Waals surface area contributed by atoms with E-state index in [1.54, 1.807) is 18.2 Å². The normalized spacial score (nSPS) is 11.3. The Hall–Kier alpha value is -2.45. The van der Waals surface area contributed by atoms with Gasteiger partial charge in [-0.05, 0) is 36.6 Å². The Morgan fingerprint density at radius 3 is 2.57 bits per heavy atom. The summed E-state index contributed by atoms with van der Waals surface area (Å²) < 4.78 is 26.6. The molecule has 2 N–H and O–H groups in total. The SMILES string of the molecule is O=[N+]([O-])c1cccc(S(=O)(=O)NCCCc2cccc(O)c2)c1. The van der Waals surface area contributed by atoms with E-state index in [4.69, 9.17) is 0 Å². The first-order valence-electron chi connectivity index (χ1n) is 6.90. The van der Waals surface area contributed by atoms with Gasteiger partial charge in [-0.15, -0.1) is 0 Å². The third-order valence-corrected chi connectivity index (χ3v) is 4.64. The highest BCUT2D eigenvalue weighted by Crippen LogP contribution is 2.17. The van der Waals surface area contributed by atoms with E-state index in [1.807, 2.05) is 6.07 Å². The molecular weight excluding hydrogens is 320 g/mol. The van der Waals surface area contributed by atoms with Crippen LogP contribution in [0.3, 0.4) is 0 Å². The Balaban J connectivity index is 1.94. The Kier molecular flexibility index (Phi) is 5.30. The van der Waals surface area contributed by atoms with E-state index in [0.717, 1.165) is 11.6 Å². The number of sulfonamides is 1. The first-order chi connectivity index (χ1) is 10.9. The summed E-state index contributed by atoms with van der Waals surface area (Å²) in [5.41, 5.74) is 0.632. The summed E-state index contributed by atoms with van der Waals surface area (Å²) in [4.78, 5) is 9.92. The molecular formula is C15H16N2O5S. The zero-order chi connectivity index (χ0) is 16.9. The van der Waals surface area contributed by atoms with Crippen molar-refractivity contribution in [2.24, 2.45) is 0 Å². The molecule has 0 saturated heterocycles. The number of nitro groups is 1. The van der Waals surface area contributed by atoms with Gasteiger partial charge in [0.1, 0.15) is 5.75 Å². The minimum Gasteiger partial charge on any atom is -0.508 e. The lowest BCUT2D eigenvalue weighted by Crippen LogP contribution is -2.25. The van der Waals surface area contributed by atoms with E-state index in [9.17, 15) is 23.6 Å². The van der Waals surface area contributed by atoms with Gasteiger partial charge in [0, 0.05) is 18.7 Å². The smallest absolute Gasteiger partial charge is 0.270 e. The van der Waals surface area contributed by atoms with Crippen LogP contribution < -0.4 is 4.72 Å². The summed E-state index contributed by atoms with van der Waals surface area (Å²) in [6, 6.07) is 11.7. The lowest BCUT2D eigenvalue weighted by molar-refractivity contribution is -0.385. The minimum absolute atomic E-state index is 0.135. The number of nitrogens with one attached hydrogen (secondary N) is 1. The number of benzene rings is 2. The lowest BCUT2D eigenvalue weighted by atomic mass is 10.1. The largest absolute Gasteiger partial charge is 0.508 e. The quantitative estimate of drug-likeness (QED) is 0.458. The van der Waals surface area contributed by atoms with E-state index in [0.29, 0.717) is 12.8 Å². The molecule has 7 nitrogen and oxygen atoms in total. The van der Waals surface area contributed by atoms with Gasteiger partial charge in [-0.1, -0.05) is 18.2 Å². The molecule has 0 aliphatic rings. The third kappa shape index (κ3) is 4.76.